The van der Waals surface area contributed by atoms with Crippen molar-refractivity contribution in [2.75, 3.05) is 6.26 Å². The highest BCUT2D eigenvalue weighted by Crippen LogP contribution is 2.31. The standard InChI is InChI=1S/C10H8BrOS2.ClHO4/c1-13-10-12-9(6-14-10)7-2-4-8(11)5-3-7;2-1(3,4)5/h2-6H,1H3;(H,2,3,4,5)/q+1;/p-1. The Labute approximate surface area is 128 Å². The summed E-state index contributed by atoms with van der Waals surface area (Å²) in [4.78, 5) is 0. The van der Waals surface area contributed by atoms with E-state index in [1.165, 1.54) is 0 Å². The van der Waals surface area contributed by atoms with Crippen molar-refractivity contribution >= 4 is 39.0 Å². The Morgan fingerprint density at radius 3 is 2.11 bits per heavy atom. The lowest BCUT2D eigenvalue weighted by Gasteiger charge is -2.17. The molecule has 0 aliphatic carbocycles. The second kappa shape index (κ2) is 7.55. The zero-order valence-electron chi connectivity index (χ0n) is 9.50. The van der Waals surface area contributed by atoms with Crippen LogP contribution in [0.4, 0.5) is 0 Å². The summed E-state index contributed by atoms with van der Waals surface area (Å²) in [5, 5.41) is 2.04. The van der Waals surface area contributed by atoms with E-state index in [1.807, 2.05) is 35.9 Å². The van der Waals surface area contributed by atoms with E-state index in [1.54, 1.807) is 23.1 Å². The lowest BCUT2D eigenvalue weighted by atomic mass is 10.2. The number of hydrogen-bond acceptors (Lipinski definition) is 6. The monoisotopic (exact) mass is 386 g/mol. The first-order chi connectivity index (χ1) is 8.79. The molecule has 0 spiro atoms. The van der Waals surface area contributed by atoms with E-state index in [9.17, 15) is 0 Å². The molecule has 0 atom stereocenters. The number of halogens is 2. The van der Waals surface area contributed by atoms with Crippen LogP contribution in [0.1, 0.15) is 0 Å². The molecule has 0 aliphatic rings. The molecule has 9 heteroatoms. The van der Waals surface area contributed by atoms with E-state index in [0.717, 1.165) is 20.2 Å². The second-order valence-electron chi connectivity index (χ2n) is 3.04. The van der Waals surface area contributed by atoms with Gasteiger partial charge in [0.1, 0.15) is 5.38 Å². The molecule has 2 rings (SSSR count). The molecule has 19 heavy (non-hydrogen) atoms. The van der Waals surface area contributed by atoms with Crippen molar-refractivity contribution < 1.29 is 33.3 Å². The van der Waals surface area contributed by atoms with Gasteiger partial charge in [0, 0.05) is 4.47 Å². The molecule has 0 saturated carbocycles. The van der Waals surface area contributed by atoms with Crippen LogP contribution in [0.25, 0.3) is 11.3 Å². The van der Waals surface area contributed by atoms with Gasteiger partial charge in [-0.25, -0.2) is 18.6 Å². The molecule has 0 N–H and O–H groups in total. The normalized spacial score (nSPS) is 10.8. The zero-order valence-corrected chi connectivity index (χ0v) is 13.5. The Morgan fingerprint density at radius 2 is 1.68 bits per heavy atom. The quantitative estimate of drug-likeness (QED) is 0.531. The van der Waals surface area contributed by atoms with Gasteiger partial charge in [0.25, 0.3) is 0 Å². The van der Waals surface area contributed by atoms with Crippen LogP contribution in [0.15, 0.2) is 42.9 Å². The number of hydrogen-bond donors (Lipinski definition) is 0. The summed E-state index contributed by atoms with van der Waals surface area (Å²) in [5.41, 5.74) is 1.12. The Kier molecular flexibility index (Phi) is 6.71. The Hall–Kier alpha value is -0.190. The molecule has 1 aromatic heterocycles. The fourth-order valence-corrected chi connectivity index (χ4v) is 2.56. The third-order valence-electron chi connectivity index (χ3n) is 1.75. The van der Waals surface area contributed by atoms with Crippen LogP contribution < -0.4 is 18.6 Å². The van der Waals surface area contributed by atoms with Crippen molar-refractivity contribution in [3.05, 3.63) is 34.1 Å². The smallest absolute Gasteiger partial charge is 0.222 e. The molecule has 0 bridgehead atoms. The highest BCUT2D eigenvalue weighted by Gasteiger charge is 2.17. The molecular weight excluding hydrogens is 380 g/mol. The third kappa shape index (κ3) is 7.23. The van der Waals surface area contributed by atoms with E-state index >= 15 is 0 Å². The molecule has 0 amide bonds. The zero-order chi connectivity index (χ0) is 14.5. The van der Waals surface area contributed by atoms with E-state index in [-0.39, 0.29) is 0 Å². The second-order valence-corrected chi connectivity index (χ2v) is 6.59. The predicted molar refractivity (Wildman–Crippen MR) is 65.9 cm³/mol. The van der Waals surface area contributed by atoms with Gasteiger partial charge < -0.3 is 0 Å². The van der Waals surface area contributed by atoms with Gasteiger partial charge in [-0.15, -0.1) is 10.2 Å². The molecule has 1 aromatic carbocycles. The van der Waals surface area contributed by atoms with Crippen molar-refractivity contribution in [3.8, 4) is 11.3 Å². The largest absolute Gasteiger partial charge is 0.446 e. The molecule has 5 nitrogen and oxygen atoms in total. The molecule has 0 fully saturated rings. The van der Waals surface area contributed by atoms with Crippen LogP contribution in [-0.4, -0.2) is 6.26 Å². The minimum absolute atomic E-state index is 0.937. The van der Waals surface area contributed by atoms with Crippen LogP contribution >= 0.6 is 39.0 Å². The van der Waals surface area contributed by atoms with Crippen LogP contribution in [0.2, 0.25) is 0 Å². The predicted octanol–water partition coefficient (Wildman–Crippen LogP) is 0.0176. The minimum Gasteiger partial charge on any atom is -0.222 e. The average molecular weight is 388 g/mol. The first-order valence-electron chi connectivity index (χ1n) is 4.63. The summed E-state index contributed by atoms with van der Waals surface area (Å²) in [7, 11) is -4.94. The maximum atomic E-state index is 8.49. The topological polar surface area (TPSA) is 104 Å². The van der Waals surface area contributed by atoms with Crippen LogP contribution in [0.3, 0.4) is 0 Å². The van der Waals surface area contributed by atoms with Gasteiger partial charge >= 0.3 is 10.2 Å². The Balaban J connectivity index is 0.000000312. The van der Waals surface area contributed by atoms with Crippen molar-refractivity contribution in [2.45, 2.75) is 4.41 Å². The van der Waals surface area contributed by atoms with Crippen LogP contribution in [0, 0.1) is 10.2 Å². The maximum absolute atomic E-state index is 8.49. The van der Waals surface area contributed by atoms with Crippen molar-refractivity contribution in [1.29, 1.82) is 0 Å². The Bertz CT molecular complexity index is 505. The molecule has 2 aromatic rings. The van der Waals surface area contributed by atoms with Gasteiger partial charge in [0.15, 0.2) is 0 Å². The van der Waals surface area contributed by atoms with Gasteiger partial charge in [-0.05, 0) is 53.6 Å². The maximum Gasteiger partial charge on any atom is 0.446 e. The van der Waals surface area contributed by atoms with E-state index in [4.69, 9.17) is 23.1 Å². The van der Waals surface area contributed by atoms with Crippen molar-refractivity contribution in [3.63, 3.8) is 0 Å². The molecule has 0 unspecified atom stereocenters. The first-order valence-corrected chi connectivity index (χ1v) is 8.76. The highest BCUT2D eigenvalue weighted by atomic mass is 79.9. The van der Waals surface area contributed by atoms with E-state index < -0.39 is 10.2 Å². The molecule has 1 heterocycles. The first kappa shape index (κ1) is 16.9. The summed E-state index contributed by atoms with van der Waals surface area (Å²) in [6, 6.07) is 8.11. The summed E-state index contributed by atoms with van der Waals surface area (Å²) in [5.74, 6) is 0.937. The van der Waals surface area contributed by atoms with E-state index in [2.05, 4.69) is 15.9 Å². The van der Waals surface area contributed by atoms with Gasteiger partial charge in [0.2, 0.25) is 0 Å². The average Bonchev–Trinajstić information content (AvgIpc) is 2.76. The van der Waals surface area contributed by atoms with Crippen molar-refractivity contribution in [2.24, 2.45) is 0 Å². The van der Waals surface area contributed by atoms with Gasteiger partial charge in [-0.1, -0.05) is 15.9 Å². The Morgan fingerprint density at radius 1 is 1.16 bits per heavy atom. The minimum atomic E-state index is -4.94. The number of rotatable bonds is 2. The summed E-state index contributed by atoms with van der Waals surface area (Å²) >= 11 is 6.67. The number of benzene rings is 1. The summed E-state index contributed by atoms with van der Waals surface area (Å²) in [6.07, 6.45) is 2.01. The lowest BCUT2D eigenvalue weighted by Crippen LogP contribution is -2.68. The van der Waals surface area contributed by atoms with E-state index in [0.29, 0.717) is 0 Å². The summed E-state index contributed by atoms with van der Waals surface area (Å²) in [6.45, 7) is 0. The molecule has 104 valence electrons. The fraction of sp³-hybridized carbons (Fsp3) is 0.100. The van der Waals surface area contributed by atoms with Gasteiger partial charge in [-0.3, -0.25) is 0 Å². The van der Waals surface area contributed by atoms with Crippen LogP contribution in [-0.2, 0) is 0 Å². The van der Waals surface area contributed by atoms with Gasteiger partial charge in [-0.2, -0.15) is 4.42 Å². The molecule has 0 radical (unpaired) electrons. The highest BCUT2D eigenvalue weighted by molar-refractivity contribution is 9.10. The van der Waals surface area contributed by atoms with Crippen LogP contribution in [0.5, 0.6) is 0 Å². The third-order valence-corrected chi connectivity index (χ3v) is 4.09. The van der Waals surface area contributed by atoms with Crippen molar-refractivity contribution in [1.82, 2.24) is 0 Å². The lowest BCUT2D eigenvalue weighted by molar-refractivity contribution is -2.00. The number of thioether (sulfide) groups is 1. The molecule has 0 saturated heterocycles. The van der Waals surface area contributed by atoms with Gasteiger partial charge in [0.05, 0.1) is 5.56 Å². The fourth-order valence-electron chi connectivity index (χ4n) is 1.07. The summed E-state index contributed by atoms with van der Waals surface area (Å²) < 4.78 is 41.7. The SMILES string of the molecule is CSc1[o+]c(-c2ccc(Br)cc2)cs1.[O-][Cl+3]([O-])([O-])[O-]. The molecular formula is C10H8BrClO5S2. The molecule has 0 aliphatic heterocycles.